The first kappa shape index (κ1) is 18.4. The van der Waals surface area contributed by atoms with Gasteiger partial charge < -0.3 is 10.4 Å². The molecular weight excluding hydrogens is 352 g/mol. The fourth-order valence-corrected chi connectivity index (χ4v) is 3.66. The summed E-state index contributed by atoms with van der Waals surface area (Å²) < 4.78 is 0. The topological polar surface area (TPSA) is 78.3 Å². The molecule has 1 aromatic heterocycles. The minimum absolute atomic E-state index is 0.385. The summed E-state index contributed by atoms with van der Waals surface area (Å²) in [6.45, 7) is 2.81. The van der Waals surface area contributed by atoms with Gasteiger partial charge in [-0.1, -0.05) is 42.5 Å². The van der Waals surface area contributed by atoms with Crippen LogP contribution in [0.15, 0.2) is 54.6 Å². The summed E-state index contributed by atoms with van der Waals surface area (Å²) in [5.74, 6) is 0.419. The van der Waals surface area contributed by atoms with E-state index in [1.807, 2.05) is 54.6 Å². The van der Waals surface area contributed by atoms with E-state index in [-0.39, 0.29) is 0 Å². The van der Waals surface area contributed by atoms with Crippen LogP contribution in [-0.2, 0) is 17.8 Å². The van der Waals surface area contributed by atoms with Gasteiger partial charge in [0.05, 0.1) is 12.1 Å². The number of rotatable bonds is 7. The van der Waals surface area contributed by atoms with Gasteiger partial charge in [0.1, 0.15) is 17.7 Å². The Morgan fingerprint density at radius 2 is 1.75 bits per heavy atom. The van der Waals surface area contributed by atoms with Crippen molar-refractivity contribution in [1.82, 2.24) is 14.9 Å². The number of carboxylic acids is 1. The highest BCUT2D eigenvalue weighted by Crippen LogP contribution is 2.23. The Morgan fingerprint density at radius 3 is 2.50 bits per heavy atom. The van der Waals surface area contributed by atoms with Crippen LogP contribution in [0.3, 0.4) is 0 Å². The van der Waals surface area contributed by atoms with Gasteiger partial charge in [-0.3, -0.25) is 4.90 Å². The average molecular weight is 376 g/mol. The van der Waals surface area contributed by atoms with Crippen molar-refractivity contribution in [3.63, 3.8) is 0 Å². The average Bonchev–Trinajstić information content (AvgIpc) is 3.21. The van der Waals surface area contributed by atoms with Crippen LogP contribution in [0, 0.1) is 0 Å². The number of hydrogen-bond donors (Lipinski definition) is 2. The zero-order chi connectivity index (χ0) is 19.3. The molecule has 0 amide bonds. The molecule has 0 bridgehead atoms. The van der Waals surface area contributed by atoms with Crippen molar-refractivity contribution in [3.05, 3.63) is 66.0 Å². The molecule has 4 rings (SSSR count). The molecule has 6 nitrogen and oxygen atoms in total. The number of benzene rings is 2. The molecule has 2 heterocycles. The second-order valence-corrected chi connectivity index (χ2v) is 7.21. The number of anilines is 1. The number of para-hydroxylation sites is 1. The first-order valence-electron chi connectivity index (χ1n) is 9.70. The Balaban J connectivity index is 1.64. The predicted molar refractivity (Wildman–Crippen MR) is 109 cm³/mol. The summed E-state index contributed by atoms with van der Waals surface area (Å²) in [5, 5.41) is 13.8. The largest absolute Gasteiger partial charge is 0.480 e. The van der Waals surface area contributed by atoms with Crippen molar-refractivity contribution in [2.45, 2.75) is 31.8 Å². The van der Waals surface area contributed by atoms with Gasteiger partial charge in [0.25, 0.3) is 0 Å². The number of aliphatic carboxylic acids is 1. The van der Waals surface area contributed by atoms with E-state index in [1.54, 1.807) is 0 Å². The van der Waals surface area contributed by atoms with Gasteiger partial charge >= 0.3 is 5.97 Å². The molecule has 0 saturated carbocycles. The monoisotopic (exact) mass is 376 g/mol. The summed E-state index contributed by atoms with van der Waals surface area (Å²) in [6, 6.07) is 16.6. The molecule has 2 aromatic carbocycles. The highest BCUT2D eigenvalue weighted by molar-refractivity contribution is 5.91. The standard InChI is InChI=1S/C22H24N4O2/c27-22(28)19(14-16-8-2-1-3-9-16)24-21-17-10-4-5-11-18(17)23-20(25-21)15-26-12-6-7-13-26/h1-5,8-11,19H,6-7,12-15H2,(H,27,28)(H,23,24,25). The van der Waals surface area contributed by atoms with Gasteiger partial charge in [-0.05, 0) is 43.6 Å². The van der Waals surface area contributed by atoms with Gasteiger partial charge in [0.15, 0.2) is 0 Å². The summed E-state index contributed by atoms with van der Waals surface area (Å²) in [4.78, 5) is 23.6. The van der Waals surface area contributed by atoms with Crippen molar-refractivity contribution in [2.24, 2.45) is 0 Å². The lowest BCUT2D eigenvalue weighted by molar-refractivity contribution is -0.137. The lowest BCUT2D eigenvalue weighted by Gasteiger charge is -2.19. The molecule has 1 atom stereocenters. The molecular formula is C22H24N4O2. The Kier molecular flexibility index (Phi) is 5.48. The Hall–Kier alpha value is -2.99. The molecule has 0 spiro atoms. The third-order valence-electron chi connectivity index (χ3n) is 5.10. The molecule has 1 saturated heterocycles. The molecule has 1 fully saturated rings. The van der Waals surface area contributed by atoms with Gasteiger partial charge in [-0.2, -0.15) is 0 Å². The smallest absolute Gasteiger partial charge is 0.326 e. The number of nitrogens with zero attached hydrogens (tertiary/aromatic N) is 3. The van der Waals surface area contributed by atoms with E-state index in [2.05, 4.69) is 10.2 Å². The van der Waals surface area contributed by atoms with Crippen molar-refractivity contribution in [3.8, 4) is 0 Å². The summed E-state index contributed by atoms with van der Waals surface area (Å²) in [6.07, 6.45) is 2.80. The van der Waals surface area contributed by atoms with E-state index in [0.717, 1.165) is 35.4 Å². The summed E-state index contributed by atoms with van der Waals surface area (Å²) in [5.41, 5.74) is 1.80. The van der Waals surface area contributed by atoms with Crippen molar-refractivity contribution >= 4 is 22.7 Å². The predicted octanol–water partition coefficient (Wildman–Crippen LogP) is 3.33. The molecule has 1 unspecified atom stereocenters. The van der Waals surface area contributed by atoms with Crippen LogP contribution < -0.4 is 5.32 Å². The van der Waals surface area contributed by atoms with E-state index < -0.39 is 12.0 Å². The summed E-state index contributed by atoms with van der Waals surface area (Å²) >= 11 is 0. The van der Waals surface area contributed by atoms with E-state index in [9.17, 15) is 9.90 Å². The van der Waals surface area contributed by atoms with Gasteiger partial charge in [0, 0.05) is 11.8 Å². The molecule has 0 aliphatic carbocycles. The van der Waals surface area contributed by atoms with Crippen LogP contribution in [-0.4, -0.2) is 45.1 Å². The van der Waals surface area contributed by atoms with E-state index in [0.29, 0.717) is 18.8 Å². The maximum Gasteiger partial charge on any atom is 0.326 e. The molecule has 1 aliphatic heterocycles. The molecule has 6 heteroatoms. The second-order valence-electron chi connectivity index (χ2n) is 7.21. The maximum atomic E-state index is 11.9. The van der Waals surface area contributed by atoms with Crippen molar-refractivity contribution in [1.29, 1.82) is 0 Å². The number of carbonyl (C=O) groups is 1. The first-order valence-corrected chi connectivity index (χ1v) is 9.70. The van der Waals surface area contributed by atoms with Crippen LogP contribution >= 0.6 is 0 Å². The Bertz CT molecular complexity index is 955. The molecule has 1 aliphatic rings. The van der Waals surface area contributed by atoms with Gasteiger partial charge in [0.2, 0.25) is 0 Å². The zero-order valence-corrected chi connectivity index (χ0v) is 15.7. The number of likely N-dealkylation sites (tertiary alicyclic amines) is 1. The third-order valence-corrected chi connectivity index (χ3v) is 5.10. The van der Waals surface area contributed by atoms with Gasteiger partial charge in [-0.25, -0.2) is 14.8 Å². The van der Waals surface area contributed by atoms with Crippen LogP contribution in [0.2, 0.25) is 0 Å². The minimum atomic E-state index is -0.896. The van der Waals surface area contributed by atoms with Crippen LogP contribution in [0.4, 0.5) is 5.82 Å². The summed E-state index contributed by atoms with van der Waals surface area (Å²) in [7, 11) is 0. The van der Waals surface area contributed by atoms with E-state index in [4.69, 9.17) is 9.97 Å². The first-order chi connectivity index (χ1) is 13.7. The number of fused-ring (bicyclic) bond motifs is 1. The lowest BCUT2D eigenvalue weighted by atomic mass is 10.1. The Labute approximate surface area is 164 Å². The van der Waals surface area contributed by atoms with Crippen LogP contribution in [0.5, 0.6) is 0 Å². The highest BCUT2D eigenvalue weighted by Gasteiger charge is 2.21. The molecule has 28 heavy (non-hydrogen) atoms. The second kappa shape index (κ2) is 8.35. The van der Waals surface area contributed by atoms with Crippen LogP contribution in [0.1, 0.15) is 24.2 Å². The minimum Gasteiger partial charge on any atom is -0.480 e. The van der Waals surface area contributed by atoms with Crippen LogP contribution in [0.25, 0.3) is 10.9 Å². The highest BCUT2D eigenvalue weighted by atomic mass is 16.4. The lowest BCUT2D eigenvalue weighted by Crippen LogP contribution is -2.32. The molecule has 0 radical (unpaired) electrons. The quantitative estimate of drug-likeness (QED) is 0.659. The maximum absolute atomic E-state index is 11.9. The number of hydrogen-bond acceptors (Lipinski definition) is 5. The number of aromatic nitrogens is 2. The zero-order valence-electron chi connectivity index (χ0n) is 15.7. The number of nitrogens with one attached hydrogen (secondary N) is 1. The number of carboxylic acid groups (broad SMARTS) is 1. The normalized spacial score (nSPS) is 15.6. The fraction of sp³-hybridized carbons (Fsp3) is 0.318. The molecule has 3 aromatic rings. The van der Waals surface area contributed by atoms with Gasteiger partial charge in [-0.15, -0.1) is 0 Å². The fourth-order valence-electron chi connectivity index (χ4n) is 3.66. The van der Waals surface area contributed by atoms with E-state index >= 15 is 0 Å². The SMILES string of the molecule is O=C(O)C(Cc1ccccc1)Nc1nc(CN2CCCC2)nc2ccccc12. The van der Waals surface area contributed by atoms with Crippen molar-refractivity contribution in [2.75, 3.05) is 18.4 Å². The third kappa shape index (κ3) is 4.28. The molecule has 144 valence electrons. The Morgan fingerprint density at radius 1 is 1.04 bits per heavy atom. The van der Waals surface area contributed by atoms with Crippen molar-refractivity contribution < 1.29 is 9.90 Å². The molecule has 2 N–H and O–H groups in total. The van der Waals surface area contributed by atoms with E-state index in [1.165, 1.54) is 12.8 Å².